The molecule has 1 aliphatic heterocycles. The molecule has 9 nitrogen and oxygen atoms in total. The van der Waals surface area contributed by atoms with Crippen molar-refractivity contribution >= 4 is 21.8 Å². The van der Waals surface area contributed by atoms with E-state index in [-0.39, 0.29) is 35.8 Å². The van der Waals surface area contributed by atoms with Gasteiger partial charge in [0, 0.05) is 32.6 Å². The highest BCUT2D eigenvalue weighted by Crippen LogP contribution is 2.21. The summed E-state index contributed by atoms with van der Waals surface area (Å²) in [5, 5.41) is 3.00. The van der Waals surface area contributed by atoms with Crippen molar-refractivity contribution in [1.82, 2.24) is 14.5 Å². The van der Waals surface area contributed by atoms with Crippen LogP contribution in [0.25, 0.3) is 0 Å². The van der Waals surface area contributed by atoms with E-state index in [1.165, 1.54) is 16.4 Å². The van der Waals surface area contributed by atoms with E-state index in [0.29, 0.717) is 45.0 Å². The minimum absolute atomic E-state index is 0.151. The lowest BCUT2D eigenvalue weighted by Crippen LogP contribution is -2.52. The number of carbonyl (C=O) groups is 2. The summed E-state index contributed by atoms with van der Waals surface area (Å²) in [6, 6.07) is 24.4. The Morgan fingerprint density at radius 2 is 1.50 bits per heavy atom. The summed E-state index contributed by atoms with van der Waals surface area (Å²) in [6.07, 6.45) is 0.345. The Morgan fingerprint density at radius 3 is 2.10 bits per heavy atom. The maximum Gasteiger partial charge on any atom is 0.261 e. The average molecular weight is 594 g/mol. The second kappa shape index (κ2) is 14.9. The predicted octanol–water partition coefficient (Wildman–Crippen LogP) is 3.50. The Hall–Kier alpha value is -3.73. The lowest BCUT2D eigenvalue weighted by atomic mass is 10.0. The molecule has 2 amide bonds. The molecule has 1 aliphatic rings. The van der Waals surface area contributed by atoms with Crippen molar-refractivity contribution in [1.29, 1.82) is 0 Å². The maximum absolute atomic E-state index is 13.7. The van der Waals surface area contributed by atoms with Gasteiger partial charge >= 0.3 is 0 Å². The summed E-state index contributed by atoms with van der Waals surface area (Å²) in [5.41, 5.74) is 1.82. The highest BCUT2D eigenvalue weighted by Gasteiger charge is 2.31. The topological polar surface area (TPSA) is 105 Å². The lowest BCUT2D eigenvalue weighted by molar-refractivity contribution is -0.142. The van der Waals surface area contributed by atoms with Crippen LogP contribution in [0.3, 0.4) is 0 Å². The van der Waals surface area contributed by atoms with Gasteiger partial charge in [0.15, 0.2) is 6.61 Å². The van der Waals surface area contributed by atoms with Crippen molar-refractivity contribution in [3.05, 3.63) is 96.1 Å². The number of morpholine rings is 1. The largest absolute Gasteiger partial charge is 0.484 e. The van der Waals surface area contributed by atoms with E-state index in [9.17, 15) is 18.0 Å². The molecule has 42 heavy (non-hydrogen) atoms. The number of nitrogens with one attached hydrogen (secondary N) is 1. The summed E-state index contributed by atoms with van der Waals surface area (Å²) in [5.74, 6) is 0.0229. The number of sulfonamides is 1. The molecule has 0 saturated carbocycles. The molecule has 1 N–H and O–H groups in total. The van der Waals surface area contributed by atoms with E-state index in [2.05, 4.69) is 5.32 Å². The fourth-order valence-electron chi connectivity index (χ4n) is 4.63. The van der Waals surface area contributed by atoms with Crippen LogP contribution in [-0.2, 0) is 37.3 Å². The zero-order valence-electron chi connectivity index (χ0n) is 24.1. The molecule has 0 spiro atoms. The van der Waals surface area contributed by atoms with Gasteiger partial charge in [0.1, 0.15) is 11.8 Å². The minimum atomic E-state index is -3.64. The zero-order chi connectivity index (χ0) is 30.0. The van der Waals surface area contributed by atoms with Crippen LogP contribution in [0.4, 0.5) is 0 Å². The zero-order valence-corrected chi connectivity index (χ0v) is 25.0. The van der Waals surface area contributed by atoms with Crippen LogP contribution in [0, 0.1) is 5.92 Å². The van der Waals surface area contributed by atoms with Crippen molar-refractivity contribution in [2.75, 3.05) is 39.5 Å². The molecular weight excluding hydrogens is 554 g/mol. The first-order valence-corrected chi connectivity index (χ1v) is 15.6. The summed E-state index contributed by atoms with van der Waals surface area (Å²) in [7, 11) is -3.64. The van der Waals surface area contributed by atoms with Gasteiger partial charge in [-0.2, -0.15) is 4.31 Å². The molecule has 0 aromatic heterocycles. The third kappa shape index (κ3) is 8.64. The van der Waals surface area contributed by atoms with E-state index in [4.69, 9.17) is 9.47 Å². The predicted molar refractivity (Wildman–Crippen MR) is 160 cm³/mol. The number of hydrogen-bond acceptors (Lipinski definition) is 6. The van der Waals surface area contributed by atoms with Gasteiger partial charge in [-0.05, 0) is 41.3 Å². The van der Waals surface area contributed by atoms with Gasteiger partial charge in [-0.1, -0.05) is 74.5 Å². The minimum Gasteiger partial charge on any atom is -0.484 e. The first-order chi connectivity index (χ1) is 20.2. The molecule has 3 aromatic rings. The number of ether oxygens (including phenoxy) is 2. The third-order valence-electron chi connectivity index (χ3n) is 6.95. The molecule has 1 atom stereocenters. The molecular formula is C32H39N3O6S. The van der Waals surface area contributed by atoms with Gasteiger partial charge in [0.05, 0.1) is 18.1 Å². The van der Waals surface area contributed by atoms with Crippen LogP contribution in [0.5, 0.6) is 5.75 Å². The Kier molecular flexibility index (Phi) is 11.1. The number of hydrogen-bond donors (Lipinski definition) is 1. The molecule has 10 heteroatoms. The molecule has 3 aromatic carbocycles. The highest BCUT2D eigenvalue weighted by molar-refractivity contribution is 7.89. The van der Waals surface area contributed by atoms with Gasteiger partial charge in [0.25, 0.3) is 5.91 Å². The average Bonchev–Trinajstić information content (AvgIpc) is 3.02. The second-order valence-electron chi connectivity index (χ2n) is 10.6. The molecule has 1 heterocycles. The Morgan fingerprint density at radius 1 is 0.905 bits per heavy atom. The third-order valence-corrected chi connectivity index (χ3v) is 8.86. The second-order valence-corrected chi connectivity index (χ2v) is 12.6. The number of carbonyl (C=O) groups excluding carboxylic acids is 2. The molecule has 1 fully saturated rings. The lowest BCUT2D eigenvalue weighted by Gasteiger charge is -2.31. The van der Waals surface area contributed by atoms with Crippen molar-refractivity contribution in [2.45, 2.75) is 37.8 Å². The highest BCUT2D eigenvalue weighted by atomic mass is 32.2. The van der Waals surface area contributed by atoms with Crippen LogP contribution < -0.4 is 10.1 Å². The van der Waals surface area contributed by atoms with Crippen molar-refractivity contribution in [3.8, 4) is 5.75 Å². The van der Waals surface area contributed by atoms with Gasteiger partial charge in [-0.3, -0.25) is 9.59 Å². The summed E-state index contributed by atoms with van der Waals surface area (Å²) >= 11 is 0. The standard InChI is InChI=1S/C32H39N3O6S/c1-25(2)22-33-32(37)30(21-26-9-5-3-6-10-26)35(23-27-11-7-4-8-12-27)31(36)24-41-28-13-15-29(16-14-28)42(38,39)34-17-19-40-20-18-34/h3-16,25,30H,17-24H2,1-2H3,(H,33,37)/t30-/m0/s1. The smallest absolute Gasteiger partial charge is 0.261 e. The monoisotopic (exact) mass is 593 g/mol. The quantitative estimate of drug-likeness (QED) is 0.325. The first-order valence-electron chi connectivity index (χ1n) is 14.2. The van der Waals surface area contributed by atoms with E-state index in [1.807, 2.05) is 74.5 Å². The van der Waals surface area contributed by atoms with Gasteiger partial charge < -0.3 is 19.7 Å². The van der Waals surface area contributed by atoms with E-state index in [0.717, 1.165) is 11.1 Å². The van der Waals surface area contributed by atoms with Crippen molar-refractivity contribution < 1.29 is 27.5 Å². The number of benzene rings is 3. The van der Waals surface area contributed by atoms with Crippen LogP contribution in [0.15, 0.2) is 89.8 Å². The van der Waals surface area contributed by atoms with Crippen molar-refractivity contribution in [2.24, 2.45) is 5.92 Å². The number of amides is 2. The Bertz CT molecular complexity index is 1390. The molecule has 224 valence electrons. The molecule has 1 saturated heterocycles. The number of nitrogens with zero attached hydrogens (tertiary/aromatic N) is 2. The fourth-order valence-corrected chi connectivity index (χ4v) is 6.04. The molecule has 0 aliphatic carbocycles. The van der Waals surface area contributed by atoms with E-state index in [1.54, 1.807) is 17.0 Å². The fraction of sp³-hybridized carbons (Fsp3) is 0.375. The molecule has 4 rings (SSSR count). The van der Waals surface area contributed by atoms with E-state index < -0.39 is 16.1 Å². The van der Waals surface area contributed by atoms with Crippen LogP contribution in [0.1, 0.15) is 25.0 Å². The summed E-state index contributed by atoms with van der Waals surface area (Å²) in [4.78, 5) is 29.0. The van der Waals surface area contributed by atoms with Crippen LogP contribution in [-0.4, -0.2) is 74.9 Å². The van der Waals surface area contributed by atoms with E-state index >= 15 is 0 Å². The Labute approximate surface area is 248 Å². The van der Waals surface area contributed by atoms with Crippen LogP contribution >= 0.6 is 0 Å². The van der Waals surface area contributed by atoms with Gasteiger partial charge in [0.2, 0.25) is 15.9 Å². The van der Waals surface area contributed by atoms with Gasteiger partial charge in [-0.15, -0.1) is 0 Å². The normalized spacial score (nSPS) is 14.7. The maximum atomic E-state index is 13.7. The molecule has 0 radical (unpaired) electrons. The summed E-state index contributed by atoms with van der Waals surface area (Å²) in [6.45, 7) is 5.79. The SMILES string of the molecule is CC(C)CNC(=O)[C@H](Cc1ccccc1)N(Cc1ccccc1)C(=O)COc1ccc(S(=O)(=O)N2CCOCC2)cc1. The first kappa shape index (κ1) is 31.2. The van der Waals surface area contributed by atoms with Gasteiger partial charge in [-0.25, -0.2) is 8.42 Å². The Balaban J connectivity index is 1.52. The summed E-state index contributed by atoms with van der Waals surface area (Å²) < 4.78 is 38.4. The van der Waals surface area contributed by atoms with Crippen molar-refractivity contribution in [3.63, 3.8) is 0 Å². The molecule has 0 unspecified atom stereocenters. The molecule has 0 bridgehead atoms. The van der Waals surface area contributed by atoms with Crippen LogP contribution in [0.2, 0.25) is 0 Å². The number of rotatable bonds is 13.